The van der Waals surface area contributed by atoms with Gasteiger partial charge in [0.2, 0.25) is 0 Å². The first kappa shape index (κ1) is 12.9. The van der Waals surface area contributed by atoms with E-state index in [0.29, 0.717) is 5.88 Å². The number of benzene rings is 1. The van der Waals surface area contributed by atoms with Crippen molar-refractivity contribution in [3.63, 3.8) is 0 Å². The van der Waals surface area contributed by atoms with E-state index in [2.05, 4.69) is 24.3 Å². The van der Waals surface area contributed by atoms with Crippen molar-refractivity contribution >= 4 is 11.6 Å². The average molecular weight is 255 g/mol. The minimum Gasteiger partial charge on any atom is -0.381 e. The van der Waals surface area contributed by atoms with E-state index in [1.807, 2.05) is 6.92 Å². The Labute approximate surface area is 108 Å². The lowest BCUT2D eigenvalue weighted by Crippen LogP contribution is -2.36. The Bertz CT molecular complexity index is 353. The van der Waals surface area contributed by atoms with Gasteiger partial charge in [-0.2, -0.15) is 0 Å². The van der Waals surface area contributed by atoms with Crippen LogP contribution in [0.5, 0.6) is 0 Å². The fourth-order valence-electron chi connectivity index (χ4n) is 2.43. The molecule has 17 heavy (non-hydrogen) atoms. The van der Waals surface area contributed by atoms with Crippen molar-refractivity contribution < 1.29 is 9.47 Å². The van der Waals surface area contributed by atoms with Crippen LogP contribution in [0.1, 0.15) is 30.9 Å². The Morgan fingerprint density at radius 3 is 2.76 bits per heavy atom. The van der Waals surface area contributed by atoms with Gasteiger partial charge in [0, 0.05) is 38.5 Å². The lowest BCUT2D eigenvalue weighted by molar-refractivity contribution is -0.112. The maximum Gasteiger partial charge on any atom is 0.0975 e. The quantitative estimate of drug-likeness (QED) is 0.766. The number of ether oxygens (including phenoxy) is 2. The van der Waals surface area contributed by atoms with Crippen molar-refractivity contribution in [3.8, 4) is 0 Å². The molecule has 1 aromatic rings. The fourth-order valence-corrected chi connectivity index (χ4v) is 2.60. The monoisotopic (exact) mass is 254 g/mol. The van der Waals surface area contributed by atoms with E-state index in [1.54, 1.807) is 0 Å². The maximum absolute atomic E-state index is 6.03. The first-order chi connectivity index (χ1) is 8.30. The molecule has 0 N–H and O–H groups in total. The Morgan fingerprint density at radius 2 is 2.12 bits per heavy atom. The Morgan fingerprint density at radius 1 is 1.35 bits per heavy atom. The normalized spacial score (nSPS) is 19.2. The van der Waals surface area contributed by atoms with E-state index in [4.69, 9.17) is 21.1 Å². The highest BCUT2D eigenvalue weighted by Gasteiger charge is 2.35. The summed E-state index contributed by atoms with van der Waals surface area (Å²) in [4.78, 5) is 0. The zero-order chi connectivity index (χ0) is 12.1. The van der Waals surface area contributed by atoms with Gasteiger partial charge >= 0.3 is 0 Å². The van der Waals surface area contributed by atoms with Gasteiger partial charge in [-0.1, -0.05) is 24.3 Å². The average Bonchev–Trinajstić information content (AvgIpc) is 2.40. The van der Waals surface area contributed by atoms with Crippen molar-refractivity contribution in [3.05, 3.63) is 35.4 Å². The molecule has 0 aromatic heterocycles. The molecule has 0 bridgehead atoms. The Balaban J connectivity index is 2.30. The third-order valence-corrected chi connectivity index (χ3v) is 3.64. The topological polar surface area (TPSA) is 18.5 Å². The molecule has 0 spiro atoms. The standard InChI is InChI=1S/C14H19ClO2/c1-2-17-14(6-8-16-9-7-14)13-5-3-4-12(10-13)11-15/h3-5,10H,2,6-9,11H2,1H3. The molecule has 1 fully saturated rings. The van der Waals surface area contributed by atoms with Crippen LogP contribution in [0, 0.1) is 0 Å². The summed E-state index contributed by atoms with van der Waals surface area (Å²) < 4.78 is 11.5. The molecule has 3 heteroatoms. The molecule has 0 saturated carbocycles. The van der Waals surface area contributed by atoms with Gasteiger partial charge in [-0.25, -0.2) is 0 Å². The van der Waals surface area contributed by atoms with Crippen molar-refractivity contribution in [2.24, 2.45) is 0 Å². The third kappa shape index (κ3) is 2.82. The summed E-state index contributed by atoms with van der Waals surface area (Å²) in [7, 11) is 0. The predicted molar refractivity (Wildman–Crippen MR) is 69.4 cm³/mol. The highest BCUT2D eigenvalue weighted by atomic mass is 35.5. The second-order valence-electron chi connectivity index (χ2n) is 4.37. The summed E-state index contributed by atoms with van der Waals surface area (Å²) in [6.07, 6.45) is 1.85. The molecule has 0 aliphatic carbocycles. The van der Waals surface area contributed by atoms with Crippen LogP contribution < -0.4 is 0 Å². The van der Waals surface area contributed by atoms with Gasteiger partial charge in [-0.3, -0.25) is 0 Å². The molecule has 1 heterocycles. The molecule has 1 aliphatic heterocycles. The first-order valence-electron chi connectivity index (χ1n) is 6.18. The summed E-state index contributed by atoms with van der Waals surface area (Å²) in [5.41, 5.74) is 2.21. The number of halogens is 1. The summed E-state index contributed by atoms with van der Waals surface area (Å²) in [6.45, 7) is 4.31. The second kappa shape index (κ2) is 5.85. The molecule has 1 aromatic carbocycles. The van der Waals surface area contributed by atoms with Crippen molar-refractivity contribution in [2.45, 2.75) is 31.2 Å². The predicted octanol–water partition coefficient (Wildman–Crippen LogP) is 3.47. The Kier molecular flexibility index (Phi) is 4.43. The maximum atomic E-state index is 6.03. The minimum atomic E-state index is -0.172. The van der Waals surface area contributed by atoms with Gasteiger partial charge in [0.15, 0.2) is 0 Å². The molecule has 1 saturated heterocycles. The van der Waals surface area contributed by atoms with Crippen molar-refractivity contribution in [2.75, 3.05) is 19.8 Å². The van der Waals surface area contributed by atoms with Crippen LogP contribution in [0.15, 0.2) is 24.3 Å². The lowest BCUT2D eigenvalue weighted by Gasteiger charge is -2.37. The van der Waals surface area contributed by atoms with Crippen molar-refractivity contribution in [1.29, 1.82) is 0 Å². The van der Waals surface area contributed by atoms with Gasteiger partial charge in [0.05, 0.1) is 5.60 Å². The first-order valence-corrected chi connectivity index (χ1v) is 6.71. The molecule has 1 aliphatic rings. The zero-order valence-corrected chi connectivity index (χ0v) is 11.0. The van der Waals surface area contributed by atoms with Crippen LogP contribution in [-0.2, 0) is 21.0 Å². The van der Waals surface area contributed by atoms with E-state index in [0.717, 1.165) is 38.2 Å². The number of rotatable bonds is 4. The van der Waals surface area contributed by atoms with E-state index in [1.165, 1.54) is 5.56 Å². The van der Waals surface area contributed by atoms with Crippen LogP contribution in [0.25, 0.3) is 0 Å². The molecule has 2 nitrogen and oxygen atoms in total. The SMILES string of the molecule is CCOC1(c2cccc(CCl)c2)CCOCC1. The third-order valence-electron chi connectivity index (χ3n) is 3.33. The van der Waals surface area contributed by atoms with Crippen molar-refractivity contribution in [1.82, 2.24) is 0 Å². The highest BCUT2D eigenvalue weighted by Crippen LogP contribution is 2.36. The van der Waals surface area contributed by atoms with Crippen LogP contribution in [0.4, 0.5) is 0 Å². The molecule has 0 unspecified atom stereocenters. The summed E-state index contributed by atoms with van der Waals surface area (Å²) in [6, 6.07) is 8.41. The van der Waals surface area contributed by atoms with E-state index in [-0.39, 0.29) is 5.60 Å². The number of alkyl halides is 1. The minimum absolute atomic E-state index is 0.172. The summed E-state index contributed by atoms with van der Waals surface area (Å²) in [5, 5.41) is 0. The lowest BCUT2D eigenvalue weighted by atomic mass is 9.85. The molecular weight excluding hydrogens is 236 g/mol. The van der Waals surface area contributed by atoms with Crippen LogP contribution >= 0.6 is 11.6 Å². The molecule has 0 atom stereocenters. The molecular formula is C14H19ClO2. The number of hydrogen-bond donors (Lipinski definition) is 0. The molecule has 0 amide bonds. The summed E-state index contributed by atoms with van der Waals surface area (Å²) in [5.74, 6) is 0.548. The van der Waals surface area contributed by atoms with E-state index in [9.17, 15) is 0 Å². The number of hydrogen-bond acceptors (Lipinski definition) is 2. The van der Waals surface area contributed by atoms with Crippen LogP contribution in [-0.4, -0.2) is 19.8 Å². The largest absolute Gasteiger partial charge is 0.381 e. The molecule has 2 rings (SSSR count). The van der Waals surface area contributed by atoms with Gasteiger partial charge < -0.3 is 9.47 Å². The Hall–Kier alpha value is -0.570. The second-order valence-corrected chi connectivity index (χ2v) is 4.64. The molecule has 0 radical (unpaired) electrons. The fraction of sp³-hybridized carbons (Fsp3) is 0.571. The summed E-state index contributed by atoms with van der Waals surface area (Å²) >= 11 is 5.89. The van der Waals surface area contributed by atoms with Crippen LogP contribution in [0.3, 0.4) is 0 Å². The molecule has 94 valence electrons. The highest BCUT2D eigenvalue weighted by molar-refractivity contribution is 6.17. The van der Waals surface area contributed by atoms with Gasteiger partial charge in [-0.05, 0) is 18.1 Å². The zero-order valence-electron chi connectivity index (χ0n) is 10.2. The van der Waals surface area contributed by atoms with Gasteiger partial charge in [0.1, 0.15) is 0 Å². The van der Waals surface area contributed by atoms with Gasteiger partial charge in [-0.15, -0.1) is 11.6 Å². The van der Waals surface area contributed by atoms with Gasteiger partial charge in [0.25, 0.3) is 0 Å². The van der Waals surface area contributed by atoms with E-state index < -0.39 is 0 Å². The van der Waals surface area contributed by atoms with E-state index >= 15 is 0 Å². The smallest absolute Gasteiger partial charge is 0.0975 e. The van der Waals surface area contributed by atoms with Crippen LogP contribution in [0.2, 0.25) is 0 Å².